The van der Waals surface area contributed by atoms with E-state index in [2.05, 4.69) is 16.9 Å². The van der Waals surface area contributed by atoms with E-state index in [0.717, 1.165) is 38.7 Å². The minimum absolute atomic E-state index is 0. The lowest BCUT2D eigenvalue weighted by atomic mass is 10.5. The lowest BCUT2D eigenvalue weighted by molar-refractivity contribution is 0.195. The molecule has 0 aromatic carbocycles. The zero-order valence-electron chi connectivity index (χ0n) is 17.7. The standard InChI is InChI=1S/C6H15NO2Si.C5H13NOSi.C2H6O2Si2.CH4O.CH4/c1-7-5-4-6-10(7,8-2)9-3;1-6-4-3-5-8(2)7;1-5(3)6(2)4;1-2;/h4-6H2,1-3H3;6H,3-5H2,1-2H3;1-2H3;2H,1H3;1H4. The first kappa shape index (κ1) is 34.6. The topological polar surface area (TPSA) is 105 Å². The fraction of sp³-hybridized carbons (Fsp3) is 1.00. The second-order valence-electron chi connectivity index (χ2n) is 5.67. The van der Waals surface area contributed by atoms with Crippen molar-refractivity contribution >= 4 is 33.8 Å². The average Bonchev–Trinajstić information content (AvgIpc) is 2.99. The van der Waals surface area contributed by atoms with E-state index in [-0.39, 0.29) is 7.43 Å². The van der Waals surface area contributed by atoms with Crippen molar-refractivity contribution < 1.29 is 27.3 Å². The maximum atomic E-state index is 10.5. The van der Waals surface area contributed by atoms with Gasteiger partial charge in [0.1, 0.15) is 0 Å². The molecule has 0 radical (unpaired) electrons. The lowest BCUT2D eigenvalue weighted by Gasteiger charge is -2.28. The van der Waals surface area contributed by atoms with Crippen LogP contribution >= 0.6 is 0 Å². The van der Waals surface area contributed by atoms with Gasteiger partial charge in [-0.3, -0.25) is 4.57 Å². The third-order valence-corrected chi connectivity index (χ3v) is 12.3. The molecule has 0 aromatic rings. The van der Waals surface area contributed by atoms with Crippen LogP contribution in [0.25, 0.3) is 0 Å². The van der Waals surface area contributed by atoms with E-state index in [4.69, 9.17) is 14.0 Å². The van der Waals surface area contributed by atoms with Crippen LogP contribution in [0.5, 0.6) is 0 Å². The van der Waals surface area contributed by atoms with Crippen LogP contribution in [0.3, 0.4) is 0 Å². The van der Waals surface area contributed by atoms with Gasteiger partial charge in [-0.05, 0) is 65.7 Å². The first-order valence-electron chi connectivity index (χ1n) is 8.58. The van der Waals surface area contributed by atoms with Crippen molar-refractivity contribution in [3.8, 4) is 0 Å². The molecule has 0 atom stereocenters. The quantitative estimate of drug-likeness (QED) is 0.438. The normalized spacial score (nSPS) is 14.1. The first-order valence-corrected chi connectivity index (χ1v) is 17.5. The van der Waals surface area contributed by atoms with Crippen molar-refractivity contribution in [2.45, 2.75) is 52.0 Å². The number of hydrogen-bond donors (Lipinski definition) is 2. The second-order valence-corrected chi connectivity index (χ2v) is 17.5. The van der Waals surface area contributed by atoms with Crippen LogP contribution in [-0.4, -0.2) is 92.0 Å². The molecular formula is C15H42N2O6Si4. The number of aliphatic hydroxyl groups is 1. The molecule has 0 amide bonds. The van der Waals surface area contributed by atoms with Crippen molar-refractivity contribution in [2.24, 2.45) is 0 Å². The Balaban J connectivity index is -0.000000142. The number of hydrogen-bond acceptors (Lipinski definition) is 8. The fourth-order valence-electron chi connectivity index (χ4n) is 2.01. The molecule has 1 aliphatic heterocycles. The SMILES string of the molecule is C.CNCCC[Si](C)=O.CO.CO[Si]1(OC)CCCN1C.C[Si](=O)[Si](C)=O. The summed E-state index contributed by atoms with van der Waals surface area (Å²) in [5, 5.41) is 10.0. The fourth-order valence-corrected chi connectivity index (χ4v) is 5.37. The average molecular weight is 459 g/mol. The number of nitrogens with zero attached hydrogens (tertiary/aromatic N) is 1. The maximum Gasteiger partial charge on any atom is 0.427 e. The molecule has 1 heterocycles. The molecule has 0 aromatic heterocycles. The molecule has 164 valence electrons. The Kier molecular flexibility index (Phi) is 28.6. The van der Waals surface area contributed by atoms with Crippen LogP contribution in [-0.2, 0) is 22.2 Å². The summed E-state index contributed by atoms with van der Waals surface area (Å²) < 4.78 is 43.6. The largest absolute Gasteiger partial charge is 0.427 e. The van der Waals surface area contributed by atoms with Gasteiger partial charge < -0.3 is 32.7 Å². The molecule has 1 fully saturated rings. The van der Waals surface area contributed by atoms with Crippen molar-refractivity contribution in [1.29, 1.82) is 0 Å². The molecule has 8 nitrogen and oxygen atoms in total. The number of rotatable bonds is 7. The Bertz CT molecular complexity index is 387. The second kappa shape index (κ2) is 22.4. The molecule has 0 bridgehead atoms. The Morgan fingerprint density at radius 2 is 1.52 bits per heavy atom. The van der Waals surface area contributed by atoms with Gasteiger partial charge in [0.2, 0.25) is 0 Å². The summed E-state index contributed by atoms with van der Waals surface area (Å²) in [7, 11) is 2.12. The monoisotopic (exact) mass is 458 g/mol. The van der Waals surface area contributed by atoms with E-state index < -0.39 is 33.8 Å². The minimum Gasteiger partial charge on any atom is -0.400 e. The van der Waals surface area contributed by atoms with Crippen LogP contribution in [0.1, 0.15) is 20.3 Å². The molecule has 0 unspecified atom stereocenters. The molecular weight excluding hydrogens is 417 g/mol. The van der Waals surface area contributed by atoms with E-state index in [1.165, 1.54) is 19.5 Å². The third kappa shape index (κ3) is 19.2. The molecule has 12 heteroatoms. The molecule has 0 aliphatic carbocycles. The van der Waals surface area contributed by atoms with E-state index in [0.29, 0.717) is 0 Å². The third-order valence-electron chi connectivity index (χ3n) is 3.66. The Hall–Kier alpha value is 0.0675. The molecule has 1 saturated heterocycles. The predicted molar refractivity (Wildman–Crippen MR) is 117 cm³/mol. The van der Waals surface area contributed by atoms with Crippen molar-refractivity contribution in [1.82, 2.24) is 9.88 Å². The highest BCUT2D eigenvalue weighted by Crippen LogP contribution is 2.24. The lowest BCUT2D eigenvalue weighted by Crippen LogP contribution is -2.50. The Labute approximate surface area is 171 Å². The van der Waals surface area contributed by atoms with Gasteiger partial charge in [-0.15, -0.1) is 0 Å². The van der Waals surface area contributed by atoms with Crippen molar-refractivity contribution in [3.05, 3.63) is 0 Å². The zero-order valence-corrected chi connectivity index (χ0v) is 21.7. The van der Waals surface area contributed by atoms with Gasteiger partial charge in [0.15, 0.2) is 0 Å². The van der Waals surface area contributed by atoms with E-state index in [1.54, 1.807) is 20.8 Å². The number of aliphatic hydroxyl groups excluding tert-OH is 1. The summed E-state index contributed by atoms with van der Waals surface area (Å²) in [5.74, 6) is 0. The first-order chi connectivity index (χ1) is 12.2. The van der Waals surface area contributed by atoms with Gasteiger partial charge in [-0.2, -0.15) is 0 Å². The van der Waals surface area contributed by atoms with Crippen LogP contribution in [0.4, 0.5) is 0 Å². The van der Waals surface area contributed by atoms with Crippen LogP contribution in [0, 0.1) is 0 Å². The molecule has 1 aliphatic rings. The van der Waals surface area contributed by atoms with Gasteiger partial charge >= 0.3 is 25.1 Å². The molecule has 0 spiro atoms. The summed E-state index contributed by atoms with van der Waals surface area (Å²) in [4.78, 5) is 0. The molecule has 27 heavy (non-hydrogen) atoms. The molecule has 0 saturated carbocycles. The molecule has 2 N–H and O–H groups in total. The van der Waals surface area contributed by atoms with Crippen LogP contribution < -0.4 is 5.32 Å². The van der Waals surface area contributed by atoms with Crippen molar-refractivity contribution in [3.63, 3.8) is 0 Å². The number of nitrogens with one attached hydrogen (secondary N) is 1. The van der Waals surface area contributed by atoms with Crippen LogP contribution in [0.2, 0.25) is 31.7 Å². The van der Waals surface area contributed by atoms with Crippen molar-refractivity contribution in [2.75, 3.05) is 48.5 Å². The van der Waals surface area contributed by atoms with Gasteiger partial charge in [-0.25, -0.2) is 0 Å². The Morgan fingerprint density at radius 1 is 1.07 bits per heavy atom. The minimum atomic E-state index is -1.85. The van der Waals surface area contributed by atoms with Gasteiger partial charge in [0.25, 0.3) is 8.68 Å². The summed E-state index contributed by atoms with van der Waals surface area (Å²) in [6.07, 6.45) is 2.26. The maximum absolute atomic E-state index is 10.5. The zero-order chi connectivity index (χ0) is 21.2. The van der Waals surface area contributed by atoms with Gasteiger partial charge in [0, 0.05) is 27.4 Å². The predicted octanol–water partition coefficient (Wildman–Crippen LogP) is 1.61. The van der Waals surface area contributed by atoms with E-state index in [9.17, 15) is 13.4 Å². The van der Waals surface area contributed by atoms with Crippen LogP contribution in [0.15, 0.2) is 0 Å². The van der Waals surface area contributed by atoms with Gasteiger partial charge in [-0.1, -0.05) is 7.43 Å². The summed E-state index contributed by atoms with van der Waals surface area (Å²) in [5.41, 5.74) is 0. The highest BCUT2D eigenvalue weighted by Gasteiger charge is 2.44. The van der Waals surface area contributed by atoms with E-state index in [1.807, 2.05) is 7.05 Å². The summed E-state index contributed by atoms with van der Waals surface area (Å²) in [6.45, 7) is 6.95. The Morgan fingerprint density at radius 3 is 1.70 bits per heavy atom. The van der Waals surface area contributed by atoms with E-state index >= 15 is 0 Å². The summed E-state index contributed by atoms with van der Waals surface area (Å²) >= 11 is 0. The van der Waals surface area contributed by atoms with Gasteiger partial charge in [0.05, 0.1) is 0 Å². The summed E-state index contributed by atoms with van der Waals surface area (Å²) in [6, 6.07) is 2.00. The highest BCUT2D eigenvalue weighted by molar-refractivity contribution is 7.06. The smallest absolute Gasteiger partial charge is 0.400 e. The highest BCUT2D eigenvalue weighted by atomic mass is 29.2. The molecule has 1 rings (SSSR count).